The van der Waals surface area contributed by atoms with Gasteiger partial charge in [-0.2, -0.15) is 0 Å². The Bertz CT molecular complexity index is 1810. The van der Waals surface area contributed by atoms with E-state index in [0.29, 0.717) is 36.4 Å². The van der Waals surface area contributed by atoms with Gasteiger partial charge in [0.2, 0.25) is 0 Å². The zero-order chi connectivity index (χ0) is 29.9. The van der Waals surface area contributed by atoms with E-state index in [1.807, 2.05) is 35.3 Å². The highest BCUT2D eigenvalue weighted by Crippen LogP contribution is 2.56. The minimum Gasteiger partial charge on any atom is -0.487 e. The summed E-state index contributed by atoms with van der Waals surface area (Å²) in [5.41, 5.74) is 6.03. The maximum atomic E-state index is 13.7. The van der Waals surface area contributed by atoms with Crippen LogP contribution in [0.3, 0.4) is 0 Å². The highest BCUT2D eigenvalue weighted by molar-refractivity contribution is 6.11. The number of carbonyl (C=O) groups is 1. The van der Waals surface area contributed by atoms with E-state index < -0.39 is 0 Å². The molecule has 1 aromatic heterocycles. The van der Waals surface area contributed by atoms with Crippen molar-refractivity contribution < 1.29 is 9.53 Å². The third-order valence-corrected chi connectivity index (χ3v) is 10.0. The van der Waals surface area contributed by atoms with Gasteiger partial charge in [-0.15, -0.1) is 0 Å². The molecule has 1 saturated carbocycles. The number of carbonyl (C=O) groups excluding carboxylic acids is 1. The first-order valence-corrected chi connectivity index (χ1v) is 15.6. The molecule has 0 N–H and O–H groups in total. The van der Waals surface area contributed by atoms with Crippen molar-refractivity contribution in [3.63, 3.8) is 0 Å². The molecule has 0 radical (unpaired) electrons. The van der Waals surface area contributed by atoms with Gasteiger partial charge in [0.05, 0.1) is 22.1 Å². The molecule has 3 atom stereocenters. The molecule has 43 heavy (non-hydrogen) atoms. The van der Waals surface area contributed by atoms with E-state index in [2.05, 4.69) is 63.1 Å². The van der Waals surface area contributed by atoms with Crippen LogP contribution in [-0.4, -0.2) is 57.5 Å². The second kappa shape index (κ2) is 10.5. The maximum Gasteiger partial charge on any atom is 0.254 e. The SMILES string of the molecule is C=CC=C(C=C)N1CCN(C(=O)c2ccc3nc4c(nc3c2)c2c(c3ccccc34)OC(C)(C)C3CCC(C)CC23)CC1. The summed E-state index contributed by atoms with van der Waals surface area (Å²) in [4.78, 5) is 28.4. The van der Waals surface area contributed by atoms with E-state index >= 15 is 0 Å². The van der Waals surface area contributed by atoms with Crippen LogP contribution in [0.1, 0.15) is 61.9 Å². The minimum atomic E-state index is -0.254. The number of rotatable bonds is 4. The number of piperazine rings is 1. The molecular weight excluding hydrogens is 532 g/mol. The summed E-state index contributed by atoms with van der Waals surface area (Å²) in [5.74, 6) is 2.43. The fourth-order valence-corrected chi connectivity index (χ4v) is 7.80. The van der Waals surface area contributed by atoms with Gasteiger partial charge in [-0.1, -0.05) is 56.8 Å². The van der Waals surface area contributed by atoms with Crippen molar-refractivity contribution in [3.05, 3.63) is 90.7 Å². The monoisotopic (exact) mass is 572 g/mol. The predicted molar refractivity (Wildman–Crippen MR) is 174 cm³/mol. The lowest BCUT2D eigenvalue weighted by atomic mass is 9.64. The maximum absolute atomic E-state index is 13.7. The second-order valence-corrected chi connectivity index (χ2v) is 13.1. The average Bonchev–Trinajstić information content (AvgIpc) is 3.02. The summed E-state index contributed by atoms with van der Waals surface area (Å²) in [6.07, 6.45) is 9.07. The van der Waals surface area contributed by atoms with Crippen molar-refractivity contribution >= 4 is 38.7 Å². The minimum absolute atomic E-state index is 0.0306. The Balaban J connectivity index is 1.31. The number of allylic oxidation sites excluding steroid dienone is 3. The van der Waals surface area contributed by atoms with E-state index in [1.54, 1.807) is 6.08 Å². The number of aromatic nitrogens is 2. The van der Waals surface area contributed by atoms with Crippen LogP contribution < -0.4 is 4.74 Å². The fourth-order valence-electron chi connectivity index (χ4n) is 7.80. The molecule has 1 amide bonds. The summed E-state index contributed by atoms with van der Waals surface area (Å²) in [5, 5.41) is 2.17. The number of benzene rings is 3. The van der Waals surface area contributed by atoms with Crippen molar-refractivity contribution in [1.82, 2.24) is 19.8 Å². The van der Waals surface area contributed by atoms with E-state index in [4.69, 9.17) is 14.7 Å². The summed E-state index contributed by atoms with van der Waals surface area (Å²) in [7, 11) is 0. The Labute approximate surface area is 253 Å². The first kappa shape index (κ1) is 27.6. The summed E-state index contributed by atoms with van der Waals surface area (Å²) in [6, 6.07) is 14.2. The Morgan fingerprint density at radius 2 is 1.67 bits per heavy atom. The predicted octanol–water partition coefficient (Wildman–Crippen LogP) is 7.64. The summed E-state index contributed by atoms with van der Waals surface area (Å²) in [6.45, 7) is 17.4. The van der Waals surface area contributed by atoms with Gasteiger partial charge in [-0.3, -0.25) is 4.79 Å². The second-order valence-electron chi connectivity index (χ2n) is 13.1. The lowest BCUT2D eigenvalue weighted by Gasteiger charge is -2.49. The van der Waals surface area contributed by atoms with Crippen LogP contribution in [0.2, 0.25) is 0 Å². The topological polar surface area (TPSA) is 58.6 Å². The van der Waals surface area contributed by atoms with E-state index in [0.717, 1.165) is 70.2 Å². The molecule has 6 heteroatoms. The molecule has 0 spiro atoms. The Morgan fingerprint density at radius 3 is 2.42 bits per heavy atom. The van der Waals surface area contributed by atoms with Gasteiger partial charge in [0.25, 0.3) is 5.91 Å². The van der Waals surface area contributed by atoms with Crippen LogP contribution in [0.4, 0.5) is 0 Å². The first-order chi connectivity index (χ1) is 20.8. The fraction of sp³-hybridized carbons (Fsp3) is 0.378. The van der Waals surface area contributed by atoms with Crippen LogP contribution in [0.15, 0.2) is 79.5 Å². The number of ether oxygens (including phenoxy) is 1. The molecule has 7 rings (SSSR count). The van der Waals surface area contributed by atoms with Crippen LogP contribution in [0, 0.1) is 11.8 Å². The standard InChI is InChI=1S/C37H40N4O2/c1-6-10-25(7-2)40-17-19-41(20-18-40)36(42)24-14-16-30-31(22-24)39-34-32-28-21-23(3)13-15-29(28)37(4,5)43-35(32)27-12-9-8-11-26(27)33(34)38-30/h6-12,14,16,22-23,28-29H,1-2,13,15,17-21H2,3-5H3. The normalized spacial score (nSPS) is 23.5. The van der Waals surface area contributed by atoms with E-state index in [-0.39, 0.29) is 11.5 Å². The lowest BCUT2D eigenvalue weighted by Crippen LogP contribution is -2.48. The molecule has 3 aromatic carbocycles. The van der Waals surface area contributed by atoms with Gasteiger partial charge in [-0.05, 0) is 68.9 Å². The molecule has 3 heterocycles. The zero-order valence-corrected chi connectivity index (χ0v) is 25.5. The van der Waals surface area contributed by atoms with E-state index in [9.17, 15) is 4.79 Å². The highest BCUT2D eigenvalue weighted by Gasteiger charge is 2.47. The number of hydrogen-bond acceptors (Lipinski definition) is 5. The summed E-state index contributed by atoms with van der Waals surface area (Å²) >= 11 is 0. The third kappa shape index (κ3) is 4.59. The third-order valence-electron chi connectivity index (χ3n) is 10.0. The number of fused-ring (bicyclic) bond motifs is 9. The van der Waals surface area contributed by atoms with E-state index in [1.165, 1.54) is 12.0 Å². The van der Waals surface area contributed by atoms with Gasteiger partial charge in [0.15, 0.2) is 0 Å². The van der Waals surface area contributed by atoms with Crippen molar-refractivity contribution in [2.75, 3.05) is 26.2 Å². The number of hydrogen-bond donors (Lipinski definition) is 0. The average molecular weight is 573 g/mol. The first-order valence-electron chi connectivity index (χ1n) is 15.6. The Hall–Kier alpha value is -4.19. The lowest BCUT2D eigenvalue weighted by molar-refractivity contribution is -0.0115. The van der Waals surface area contributed by atoms with Crippen molar-refractivity contribution in [2.45, 2.75) is 51.6 Å². The van der Waals surface area contributed by atoms with Gasteiger partial charge >= 0.3 is 0 Å². The Morgan fingerprint density at radius 1 is 0.953 bits per heavy atom. The van der Waals surface area contributed by atoms with Crippen molar-refractivity contribution in [3.8, 4) is 5.75 Å². The van der Waals surface area contributed by atoms with Gasteiger partial charge < -0.3 is 14.5 Å². The molecular formula is C37H40N4O2. The highest BCUT2D eigenvalue weighted by atomic mass is 16.5. The van der Waals surface area contributed by atoms with Crippen molar-refractivity contribution in [2.24, 2.45) is 11.8 Å². The number of amides is 1. The smallest absolute Gasteiger partial charge is 0.254 e. The molecule has 1 aliphatic carbocycles. The molecule has 3 unspecified atom stereocenters. The summed E-state index contributed by atoms with van der Waals surface area (Å²) < 4.78 is 6.90. The molecule has 2 fully saturated rings. The van der Waals surface area contributed by atoms with Gasteiger partial charge in [0.1, 0.15) is 11.4 Å². The molecule has 4 aromatic rings. The van der Waals surface area contributed by atoms with Gasteiger partial charge in [0, 0.05) is 59.7 Å². The molecule has 1 saturated heterocycles. The zero-order valence-electron chi connectivity index (χ0n) is 25.5. The molecule has 6 nitrogen and oxygen atoms in total. The van der Waals surface area contributed by atoms with Crippen LogP contribution in [-0.2, 0) is 0 Å². The van der Waals surface area contributed by atoms with Crippen molar-refractivity contribution in [1.29, 1.82) is 0 Å². The molecule has 3 aliphatic rings. The molecule has 2 aliphatic heterocycles. The molecule has 220 valence electrons. The van der Waals surface area contributed by atoms with Gasteiger partial charge in [-0.25, -0.2) is 9.97 Å². The largest absolute Gasteiger partial charge is 0.487 e. The Kier molecular flexibility index (Phi) is 6.76. The quantitative estimate of drug-likeness (QED) is 0.143. The van der Waals surface area contributed by atoms with Crippen LogP contribution in [0.25, 0.3) is 32.8 Å². The van der Waals surface area contributed by atoms with Crippen LogP contribution in [0.5, 0.6) is 5.75 Å². The molecule has 0 bridgehead atoms. The number of nitrogens with zero attached hydrogens (tertiary/aromatic N) is 4. The van der Waals surface area contributed by atoms with Crippen LogP contribution >= 0.6 is 0 Å².